The first-order valence-corrected chi connectivity index (χ1v) is 5.29. The SMILES string of the molecule is N#Cc1ccc2nc(-c3ccoc3Cl)[nH]c2c1. The molecule has 0 unspecified atom stereocenters. The van der Waals surface area contributed by atoms with Crippen LogP contribution in [0.1, 0.15) is 5.56 Å². The Kier molecular flexibility index (Phi) is 2.13. The number of aromatic nitrogens is 2. The molecule has 0 aliphatic heterocycles. The van der Waals surface area contributed by atoms with Crippen LogP contribution in [-0.2, 0) is 0 Å². The van der Waals surface area contributed by atoms with Crippen molar-refractivity contribution in [3.63, 3.8) is 0 Å². The van der Waals surface area contributed by atoms with Crippen molar-refractivity contribution in [2.45, 2.75) is 0 Å². The first kappa shape index (κ1) is 9.94. The number of hydrogen-bond donors (Lipinski definition) is 1. The Hall–Kier alpha value is -2.25. The molecule has 5 heteroatoms. The topological polar surface area (TPSA) is 65.6 Å². The smallest absolute Gasteiger partial charge is 0.203 e. The van der Waals surface area contributed by atoms with Gasteiger partial charge in [-0.3, -0.25) is 0 Å². The van der Waals surface area contributed by atoms with Gasteiger partial charge in [-0.15, -0.1) is 0 Å². The number of nitriles is 1. The lowest BCUT2D eigenvalue weighted by atomic mass is 10.2. The van der Waals surface area contributed by atoms with Crippen LogP contribution < -0.4 is 0 Å². The molecule has 0 saturated heterocycles. The van der Waals surface area contributed by atoms with Gasteiger partial charge in [0.15, 0.2) is 0 Å². The van der Waals surface area contributed by atoms with E-state index in [-0.39, 0.29) is 0 Å². The van der Waals surface area contributed by atoms with Crippen LogP contribution in [-0.4, -0.2) is 9.97 Å². The fraction of sp³-hybridized carbons (Fsp3) is 0. The average Bonchev–Trinajstić information content (AvgIpc) is 2.93. The molecule has 2 heterocycles. The van der Waals surface area contributed by atoms with E-state index in [4.69, 9.17) is 21.3 Å². The van der Waals surface area contributed by atoms with Crippen molar-refractivity contribution in [1.29, 1.82) is 5.26 Å². The highest BCUT2D eigenvalue weighted by molar-refractivity contribution is 6.31. The second-order valence-corrected chi connectivity index (χ2v) is 3.88. The molecular weight excluding hydrogens is 238 g/mol. The van der Waals surface area contributed by atoms with E-state index in [1.54, 1.807) is 24.3 Å². The summed E-state index contributed by atoms with van der Waals surface area (Å²) in [5, 5.41) is 9.11. The zero-order valence-corrected chi connectivity index (χ0v) is 9.32. The van der Waals surface area contributed by atoms with Gasteiger partial charge in [0.05, 0.1) is 34.5 Å². The highest BCUT2D eigenvalue weighted by atomic mass is 35.5. The van der Waals surface area contributed by atoms with Crippen molar-refractivity contribution in [3.05, 3.63) is 41.3 Å². The van der Waals surface area contributed by atoms with E-state index in [0.29, 0.717) is 22.2 Å². The first-order valence-electron chi connectivity index (χ1n) is 4.91. The summed E-state index contributed by atoms with van der Waals surface area (Å²) in [5.41, 5.74) is 2.89. The number of hydrogen-bond acceptors (Lipinski definition) is 3. The molecule has 0 atom stereocenters. The standard InChI is InChI=1S/C12H6ClN3O/c13-11-8(3-4-17-11)12-15-9-2-1-7(6-14)5-10(9)16-12/h1-5H,(H,15,16). The molecule has 0 radical (unpaired) electrons. The van der Waals surface area contributed by atoms with Gasteiger partial charge < -0.3 is 9.40 Å². The molecule has 1 aromatic carbocycles. The third kappa shape index (κ3) is 1.57. The predicted molar refractivity (Wildman–Crippen MR) is 63.5 cm³/mol. The summed E-state index contributed by atoms with van der Waals surface area (Å²) >= 11 is 5.88. The van der Waals surface area contributed by atoms with Crippen LogP contribution in [0, 0.1) is 11.3 Å². The Morgan fingerprint density at radius 3 is 2.94 bits per heavy atom. The first-order chi connectivity index (χ1) is 8.28. The van der Waals surface area contributed by atoms with E-state index in [1.165, 1.54) is 6.26 Å². The zero-order chi connectivity index (χ0) is 11.8. The Morgan fingerprint density at radius 1 is 1.35 bits per heavy atom. The van der Waals surface area contributed by atoms with Crippen molar-refractivity contribution in [2.24, 2.45) is 0 Å². The van der Waals surface area contributed by atoms with Gasteiger partial charge in [-0.25, -0.2) is 4.98 Å². The second-order valence-electron chi connectivity index (χ2n) is 3.54. The van der Waals surface area contributed by atoms with Crippen molar-refractivity contribution in [2.75, 3.05) is 0 Å². The van der Waals surface area contributed by atoms with Crippen molar-refractivity contribution in [3.8, 4) is 17.5 Å². The Bertz CT molecular complexity index is 736. The third-order valence-corrected chi connectivity index (χ3v) is 2.78. The summed E-state index contributed by atoms with van der Waals surface area (Å²) in [6, 6.07) is 9.09. The van der Waals surface area contributed by atoms with E-state index in [0.717, 1.165) is 11.0 Å². The van der Waals surface area contributed by atoms with Crippen LogP contribution in [0.3, 0.4) is 0 Å². The van der Waals surface area contributed by atoms with Gasteiger partial charge in [0.1, 0.15) is 5.82 Å². The van der Waals surface area contributed by atoms with Gasteiger partial charge in [0, 0.05) is 0 Å². The van der Waals surface area contributed by atoms with E-state index >= 15 is 0 Å². The predicted octanol–water partition coefficient (Wildman–Crippen LogP) is 3.35. The lowest BCUT2D eigenvalue weighted by Crippen LogP contribution is -1.76. The number of imidazole rings is 1. The summed E-state index contributed by atoms with van der Waals surface area (Å²) in [5.74, 6) is 0.633. The van der Waals surface area contributed by atoms with Crippen molar-refractivity contribution >= 4 is 22.6 Å². The van der Waals surface area contributed by atoms with Gasteiger partial charge in [-0.2, -0.15) is 5.26 Å². The average molecular weight is 244 g/mol. The highest BCUT2D eigenvalue weighted by Gasteiger charge is 2.11. The van der Waals surface area contributed by atoms with Gasteiger partial charge >= 0.3 is 0 Å². The molecule has 2 aromatic heterocycles. The Labute approximate surface area is 101 Å². The van der Waals surface area contributed by atoms with Crippen LogP contribution in [0.15, 0.2) is 34.9 Å². The molecule has 0 saturated carbocycles. The minimum atomic E-state index is 0.296. The molecule has 0 aliphatic rings. The van der Waals surface area contributed by atoms with Crippen LogP contribution in [0.4, 0.5) is 0 Å². The highest BCUT2D eigenvalue weighted by Crippen LogP contribution is 2.28. The quantitative estimate of drug-likeness (QED) is 0.713. The summed E-state index contributed by atoms with van der Waals surface area (Å²) in [4.78, 5) is 7.49. The molecule has 3 rings (SSSR count). The number of benzene rings is 1. The maximum Gasteiger partial charge on any atom is 0.203 e. The summed E-state index contributed by atoms with van der Waals surface area (Å²) in [6.45, 7) is 0. The van der Waals surface area contributed by atoms with E-state index < -0.39 is 0 Å². The maximum absolute atomic E-state index is 8.81. The fourth-order valence-corrected chi connectivity index (χ4v) is 1.87. The Morgan fingerprint density at radius 2 is 2.24 bits per heavy atom. The van der Waals surface area contributed by atoms with Crippen LogP contribution in [0.25, 0.3) is 22.4 Å². The molecule has 1 N–H and O–H groups in total. The number of rotatable bonds is 1. The normalized spacial score (nSPS) is 10.6. The van der Waals surface area contributed by atoms with Gasteiger partial charge in [0.2, 0.25) is 5.22 Å². The molecule has 17 heavy (non-hydrogen) atoms. The summed E-state index contributed by atoms with van der Waals surface area (Å²) in [7, 11) is 0. The van der Waals surface area contributed by atoms with Gasteiger partial charge in [-0.05, 0) is 35.9 Å². The minimum Gasteiger partial charge on any atom is -0.452 e. The molecule has 0 bridgehead atoms. The number of H-pyrrole nitrogens is 1. The molecule has 0 amide bonds. The second kappa shape index (κ2) is 3.65. The van der Waals surface area contributed by atoms with Crippen LogP contribution in [0.5, 0.6) is 0 Å². The Balaban J connectivity index is 2.21. The van der Waals surface area contributed by atoms with Crippen LogP contribution in [0.2, 0.25) is 5.22 Å². The molecule has 3 aromatic rings. The lowest BCUT2D eigenvalue weighted by Gasteiger charge is -1.89. The molecular formula is C12H6ClN3O. The summed E-state index contributed by atoms with van der Waals surface area (Å²) in [6.07, 6.45) is 1.51. The molecule has 0 fully saturated rings. The van der Waals surface area contributed by atoms with E-state index in [9.17, 15) is 0 Å². The number of furan rings is 1. The largest absolute Gasteiger partial charge is 0.452 e. The van der Waals surface area contributed by atoms with Crippen molar-refractivity contribution < 1.29 is 4.42 Å². The number of aromatic amines is 1. The minimum absolute atomic E-state index is 0.296. The molecule has 82 valence electrons. The van der Waals surface area contributed by atoms with Crippen molar-refractivity contribution in [1.82, 2.24) is 9.97 Å². The fourth-order valence-electron chi connectivity index (χ4n) is 1.67. The lowest BCUT2D eigenvalue weighted by molar-refractivity contribution is 0.570. The van der Waals surface area contributed by atoms with Crippen LogP contribution >= 0.6 is 11.6 Å². The number of nitrogens with one attached hydrogen (secondary N) is 1. The van der Waals surface area contributed by atoms with E-state index in [2.05, 4.69) is 16.0 Å². The molecule has 0 aliphatic carbocycles. The maximum atomic E-state index is 8.81. The summed E-state index contributed by atoms with van der Waals surface area (Å²) < 4.78 is 5.01. The number of fused-ring (bicyclic) bond motifs is 1. The molecule has 4 nitrogen and oxygen atoms in total. The zero-order valence-electron chi connectivity index (χ0n) is 8.57. The monoisotopic (exact) mass is 243 g/mol. The number of nitrogens with zero attached hydrogens (tertiary/aromatic N) is 2. The molecule has 0 spiro atoms. The van der Waals surface area contributed by atoms with Gasteiger partial charge in [-0.1, -0.05) is 0 Å². The van der Waals surface area contributed by atoms with E-state index in [1.807, 2.05) is 0 Å². The third-order valence-electron chi connectivity index (χ3n) is 2.48. The van der Waals surface area contributed by atoms with Gasteiger partial charge in [0.25, 0.3) is 0 Å². The number of halogens is 1.